The fourth-order valence-corrected chi connectivity index (χ4v) is 2.50. The SMILES string of the molecule is COc1ncnc(NC(C)CS(C)(=O)=O)c1[N+](=O)[O-]. The predicted octanol–water partition coefficient (Wildman–Crippen LogP) is 0.238. The molecular formula is C9H14N4O5S. The zero-order valence-electron chi connectivity index (χ0n) is 10.7. The first-order chi connectivity index (χ1) is 8.74. The smallest absolute Gasteiger partial charge is 0.372 e. The lowest BCUT2D eigenvalue weighted by molar-refractivity contribution is -0.385. The van der Waals surface area contributed by atoms with Crippen LogP contribution in [0.2, 0.25) is 0 Å². The molecule has 1 aromatic rings. The van der Waals surface area contributed by atoms with Gasteiger partial charge in [-0.25, -0.2) is 13.4 Å². The fraction of sp³-hybridized carbons (Fsp3) is 0.556. The number of anilines is 1. The van der Waals surface area contributed by atoms with E-state index in [4.69, 9.17) is 4.74 Å². The lowest BCUT2D eigenvalue weighted by Crippen LogP contribution is -2.26. The topological polar surface area (TPSA) is 124 Å². The van der Waals surface area contributed by atoms with E-state index in [0.29, 0.717) is 0 Å². The van der Waals surface area contributed by atoms with Crippen molar-refractivity contribution in [3.63, 3.8) is 0 Å². The van der Waals surface area contributed by atoms with Crippen molar-refractivity contribution in [1.82, 2.24) is 9.97 Å². The molecule has 1 N–H and O–H groups in total. The highest BCUT2D eigenvalue weighted by molar-refractivity contribution is 7.90. The molecule has 19 heavy (non-hydrogen) atoms. The molecule has 1 aromatic heterocycles. The Hall–Kier alpha value is -1.97. The van der Waals surface area contributed by atoms with Gasteiger partial charge in [0.2, 0.25) is 5.82 Å². The molecule has 0 saturated heterocycles. The maximum absolute atomic E-state index is 11.1. The number of nitro groups is 1. The van der Waals surface area contributed by atoms with Gasteiger partial charge in [-0.2, -0.15) is 4.98 Å². The van der Waals surface area contributed by atoms with E-state index in [0.717, 1.165) is 12.6 Å². The van der Waals surface area contributed by atoms with Gasteiger partial charge in [-0.15, -0.1) is 0 Å². The molecule has 0 aliphatic heterocycles. The lowest BCUT2D eigenvalue weighted by Gasteiger charge is -2.13. The normalized spacial score (nSPS) is 12.8. The van der Waals surface area contributed by atoms with E-state index in [1.807, 2.05) is 0 Å². The van der Waals surface area contributed by atoms with Crippen LogP contribution in [0.1, 0.15) is 6.92 Å². The van der Waals surface area contributed by atoms with Crippen LogP contribution in [0.15, 0.2) is 6.33 Å². The molecule has 1 rings (SSSR count). The molecule has 9 nitrogen and oxygen atoms in total. The van der Waals surface area contributed by atoms with E-state index in [1.165, 1.54) is 7.11 Å². The largest absolute Gasteiger partial charge is 0.476 e. The molecule has 1 heterocycles. The number of hydrogen-bond acceptors (Lipinski definition) is 8. The van der Waals surface area contributed by atoms with E-state index in [2.05, 4.69) is 15.3 Å². The molecule has 1 unspecified atom stereocenters. The second-order valence-electron chi connectivity index (χ2n) is 3.98. The number of aromatic nitrogens is 2. The van der Waals surface area contributed by atoms with Crippen molar-refractivity contribution in [2.45, 2.75) is 13.0 Å². The first-order valence-corrected chi connectivity index (χ1v) is 7.28. The Labute approximate surface area is 110 Å². The van der Waals surface area contributed by atoms with Crippen molar-refractivity contribution in [2.24, 2.45) is 0 Å². The van der Waals surface area contributed by atoms with Crippen LogP contribution < -0.4 is 10.1 Å². The summed E-state index contributed by atoms with van der Waals surface area (Å²) in [6.07, 6.45) is 2.18. The second kappa shape index (κ2) is 5.78. The monoisotopic (exact) mass is 290 g/mol. The summed E-state index contributed by atoms with van der Waals surface area (Å²) >= 11 is 0. The molecule has 0 aliphatic rings. The van der Waals surface area contributed by atoms with Crippen molar-refractivity contribution in [1.29, 1.82) is 0 Å². The maximum Gasteiger partial charge on any atom is 0.372 e. The van der Waals surface area contributed by atoms with E-state index in [1.54, 1.807) is 6.92 Å². The minimum Gasteiger partial charge on any atom is -0.476 e. The highest BCUT2D eigenvalue weighted by atomic mass is 32.2. The van der Waals surface area contributed by atoms with E-state index >= 15 is 0 Å². The molecule has 0 bridgehead atoms. The third-order valence-electron chi connectivity index (χ3n) is 2.10. The predicted molar refractivity (Wildman–Crippen MR) is 68.0 cm³/mol. The van der Waals surface area contributed by atoms with Crippen LogP contribution in [0, 0.1) is 10.1 Å². The zero-order chi connectivity index (χ0) is 14.6. The van der Waals surface area contributed by atoms with Gasteiger partial charge in [-0.1, -0.05) is 0 Å². The van der Waals surface area contributed by atoms with Crippen LogP contribution in [0.3, 0.4) is 0 Å². The van der Waals surface area contributed by atoms with Gasteiger partial charge < -0.3 is 10.1 Å². The van der Waals surface area contributed by atoms with Crippen LogP contribution in [0.25, 0.3) is 0 Å². The Morgan fingerprint density at radius 3 is 2.63 bits per heavy atom. The molecule has 0 aromatic carbocycles. The van der Waals surface area contributed by atoms with Crippen LogP contribution in [0.5, 0.6) is 5.88 Å². The Balaban J connectivity index is 3.04. The number of ether oxygens (including phenoxy) is 1. The van der Waals surface area contributed by atoms with Crippen LogP contribution in [-0.2, 0) is 9.84 Å². The van der Waals surface area contributed by atoms with Gasteiger partial charge in [0.15, 0.2) is 0 Å². The Morgan fingerprint density at radius 1 is 1.53 bits per heavy atom. The van der Waals surface area contributed by atoms with Gasteiger partial charge in [0, 0.05) is 12.3 Å². The summed E-state index contributed by atoms with van der Waals surface area (Å²) in [5, 5.41) is 13.6. The summed E-state index contributed by atoms with van der Waals surface area (Å²) < 4.78 is 27.1. The second-order valence-corrected chi connectivity index (χ2v) is 6.16. The minimum atomic E-state index is -3.20. The van der Waals surface area contributed by atoms with E-state index in [9.17, 15) is 18.5 Å². The molecular weight excluding hydrogens is 276 g/mol. The van der Waals surface area contributed by atoms with Crippen LogP contribution in [0.4, 0.5) is 11.5 Å². The van der Waals surface area contributed by atoms with Gasteiger partial charge in [0.05, 0.1) is 17.8 Å². The third kappa shape index (κ3) is 4.32. The number of nitrogens with zero attached hydrogens (tertiary/aromatic N) is 3. The standard InChI is InChI=1S/C9H14N4O5S/c1-6(4-19(3,16)17)12-8-7(13(14)15)9(18-2)11-5-10-8/h5-6H,4H2,1-3H3,(H,10,11,12). The van der Waals surface area contributed by atoms with Crippen LogP contribution in [-0.4, -0.2) is 48.5 Å². The van der Waals surface area contributed by atoms with Crippen molar-refractivity contribution in [3.05, 3.63) is 16.4 Å². The number of rotatable bonds is 6. The van der Waals surface area contributed by atoms with Gasteiger partial charge in [0.1, 0.15) is 16.2 Å². The van der Waals surface area contributed by atoms with Crippen molar-refractivity contribution < 1.29 is 18.1 Å². The molecule has 1 atom stereocenters. The van der Waals surface area contributed by atoms with Gasteiger partial charge in [-0.05, 0) is 6.92 Å². The summed E-state index contributed by atoms with van der Waals surface area (Å²) in [5.74, 6) is -0.432. The first-order valence-electron chi connectivity index (χ1n) is 5.22. The van der Waals surface area contributed by atoms with Gasteiger partial charge in [0.25, 0.3) is 5.88 Å². The van der Waals surface area contributed by atoms with Crippen LogP contribution >= 0.6 is 0 Å². The van der Waals surface area contributed by atoms with Crippen molar-refractivity contribution in [3.8, 4) is 5.88 Å². The zero-order valence-corrected chi connectivity index (χ0v) is 11.5. The summed E-state index contributed by atoms with van der Waals surface area (Å²) in [6.45, 7) is 1.58. The lowest BCUT2D eigenvalue weighted by atomic mass is 10.3. The highest BCUT2D eigenvalue weighted by Gasteiger charge is 2.25. The molecule has 0 aliphatic carbocycles. The molecule has 0 spiro atoms. The Kier molecular flexibility index (Phi) is 4.59. The average molecular weight is 290 g/mol. The highest BCUT2D eigenvalue weighted by Crippen LogP contribution is 2.30. The number of nitrogens with one attached hydrogen (secondary N) is 1. The molecule has 0 radical (unpaired) electrons. The number of sulfone groups is 1. The van der Waals surface area contributed by atoms with E-state index in [-0.39, 0.29) is 17.5 Å². The molecule has 0 fully saturated rings. The summed E-state index contributed by atoms with van der Waals surface area (Å²) in [6, 6.07) is -0.534. The Morgan fingerprint density at radius 2 is 2.16 bits per heavy atom. The number of hydrogen-bond donors (Lipinski definition) is 1. The fourth-order valence-electron chi connectivity index (χ4n) is 1.51. The van der Waals surface area contributed by atoms with Crippen molar-refractivity contribution in [2.75, 3.05) is 24.4 Å². The molecule has 106 valence electrons. The molecule has 0 amide bonds. The minimum absolute atomic E-state index is 0.0759. The third-order valence-corrected chi connectivity index (χ3v) is 3.21. The molecule has 0 saturated carbocycles. The summed E-state index contributed by atoms with van der Waals surface area (Å²) in [7, 11) is -1.95. The Bertz CT molecular complexity index is 574. The quantitative estimate of drug-likeness (QED) is 0.583. The number of methoxy groups -OCH3 is 1. The average Bonchev–Trinajstić information content (AvgIpc) is 2.25. The summed E-state index contributed by atoms with van der Waals surface area (Å²) in [5.41, 5.74) is -0.426. The van der Waals surface area contributed by atoms with E-state index < -0.39 is 26.5 Å². The first kappa shape index (κ1) is 15.1. The van der Waals surface area contributed by atoms with Crippen molar-refractivity contribution >= 4 is 21.3 Å². The maximum atomic E-state index is 11.1. The summed E-state index contributed by atoms with van der Waals surface area (Å²) in [4.78, 5) is 17.6. The molecule has 10 heteroatoms. The van der Waals surface area contributed by atoms with Gasteiger partial charge >= 0.3 is 5.69 Å². The van der Waals surface area contributed by atoms with Gasteiger partial charge in [-0.3, -0.25) is 10.1 Å².